The first kappa shape index (κ1) is 27.5. The van der Waals surface area contributed by atoms with Crippen LogP contribution in [0.5, 0.6) is 5.75 Å². The Morgan fingerprint density at radius 1 is 1.21 bits per heavy atom. The van der Waals surface area contributed by atoms with E-state index in [0.717, 1.165) is 37.6 Å². The van der Waals surface area contributed by atoms with Crippen LogP contribution in [0.1, 0.15) is 46.6 Å². The Morgan fingerprint density at radius 2 is 1.90 bits per heavy atom. The van der Waals surface area contributed by atoms with E-state index in [1.807, 2.05) is 18.2 Å². The van der Waals surface area contributed by atoms with E-state index in [4.69, 9.17) is 10.5 Å². The minimum atomic E-state index is -0.490. The van der Waals surface area contributed by atoms with Crippen molar-refractivity contribution in [3.05, 3.63) is 29.8 Å². The number of ether oxygens (including phenoxy) is 1. The number of halogens is 1. The third-order valence-electron chi connectivity index (χ3n) is 4.26. The van der Waals surface area contributed by atoms with Crippen molar-refractivity contribution in [2.75, 3.05) is 26.2 Å². The van der Waals surface area contributed by atoms with Gasteiger partial charge >= 0.3 is 0 Å². The number of hydrogen-bond acceptors (Lipinski definition) is 4. The van der Waals surface area contributed by atoms with Crippen LogP contribution in [0.2, 0.25) is 0 Å². The fourth-order valence-corrected chi connectivity index (χ4v) is 2.98. The van der Waals surface area contributed by atoms with Crippen molar-refractivity contribution in [1.29, 1.82) is 0 Å². The van der Waals surface area contributed by atoms with Crippen molar-refractivity contribution < 1.29 is 9.53 Å². The van der Waals surface area contributed by atoms with Gasteiger partial charge < -0.3 is 21.1 Å². The smallest absolute Gasteiger partial charge is 0.255 e. The van der Waals surface area contributed by atoms with E-state index in [1.54, 1.807) is 6.07 Å². The molecule has 0 aliphatic rings. The summed E-state index contributed by atoms with van der Waals surface area (Å²) in [6.45, 7) is 14.1. The van der Waals surface area contributed by atoms with Gasteiger partial charge in [0.1, 0.15) is 5.75 Å². The van der Waals surface area contributed by atoms with Gasteiger partial charge in [0, 0.05) is 31.7 Å². The summed E-state index contributed by atoms with van der Waals surface area (Å²) in [6, 6.07) is 8.63. The van der Waals surface area contributed by atoms with E-state index in [2.05, 4.69) is 55.1 Å². The fourth-order valence-electron chi connectivity index (χ4n) is 2.98. The molecular formula is C21H38IN5O2. The topological polar surface area (TPSA) is 92.0 Å². The van der Waals surface area contributed by atoms with Crippen molar-refractivity contribution in [2.45, 2.75) is 59.7 Å². The minimum Gasteiger partial charge on any atom is -0.484 e. The van der Waals surface area contributed by atoms with E-state index >= 15 is 0 Å². The van der Waals surface area contributed by atoms with Crippen molar-refractivity contribution in [2.24, 2.45) is 10.7 Å². The van der Waals surface area contributed by atoms with Gasteiger partial charge in [-0.1, -0.05) is 12.1 Å². The minimum absolute atomic E-state index is 0. The van der Waals surface area contributed by atoms with Gasteiger partial charge in [-0.05, 0) is 58.7 Å². The average Bonchev–Trinajstić information content (AvgIpc) is 2.63. The number of nitrogens with two attached hydrogens (primary N) is 1. The molecule has 0 bridgehead atoms. The second-order valence-corrected chi connectivity index (χ2v) is 7.30. The van der Waals surface area contributed by atoms with Gasteiger partial charge in [0.2, 0.25) is 0 Å². The summed E-state index contributed by atoms with van der Waals surface area (Å²) in [5, 5.41) is 6.67. The van der Waals surface area contributed by atoms with Crippen LogP contribution in [0, 0.1) is 0 Å². The summed E-state index contributed by atoms with van der Waals surface area (Å²) in [5.41, 5.74) is 6.12. The number of nitrogens with zero attached hydrogens (tertiary/aromatic N) is 2. The van der Waals surface area contributed by atoms with Gasteiger partial charge in [-0.15, -0.1) is 24.0 Å². The van der Waals surface area contributed by atoms with Gasteiger partial charge in [-0.3, -0.25) is 9.69 Å². The Bertz CT molecular complexity index is 615. The maximum atomic E-state index is 10.8. The van der Waals surface area contributed by atoms with Gasteiger partial charge in [0.05, 0.1) is 6.54 Å². The molecule has 166 valence electrons. The zero-order chi connectivity index (χ0) is 20.9. The number of rotatable bonds is 12. The highest BCUT2D eigenvalue weighted by Crippen LogP contribution is 2.14. The lowest BCUT2D eigenvalue weighted by Crippen LogP contribution is -2.41. The van der Waals surface area contributed by atoms with E-state index in [0.29, 0.717) is 24.4 Å². The molecule has 0 heterocycles. The number of aliphatic imine (C=N–C) groups is 1. The summed E-state index contributed by atoms with van der Waals surface area (Å²) in [7, 11) is 0. The van der Waals surface area contributed by atoms with Crippen LogP contribution in [0.3, 0.4) is 0 Å². The summed E-state index contributed by atoms with van der Waals surface area (Å²) < 4.78 is 5.34. The Morgan fingerprint density at radius 3 is 2.48 bits per heavy atom. The van der Waals surface area contributed by atoms with E-state index in [1.165, 1.54) is 0 Å². The Kier molecular flexibility index (Phi) is 14.5. The highest BCUT2D eigenvalue weighted by atomic mass is 127. The van der Waals surface area contributed by atoms with Gasteiger partial charge in [0.25, 0.3) is 5.91 Å². The second-order valence-electron chi connectivity index (χ2n) is 7.30. The van der Waals surface area contributed by atoms with Crippen molar-refractivity contribution in [3.63, 3.8) is 0 Å². The predicted molar refractivity (Wildman–Crippen MR) is 131 cm³/mol. The SMILES string of the molecule is CCNC(=NCc1cccc(OCC(N)=O)c1)NCCCN(C(C)C)C(C)C.I. The standard InChI is InChI=1S/C21H37N5O2.HI/c1-6-23-21(24-11-8-12-26(16(2)3)17(4)5)25-14-18-9-7-10-19(13-18)28-15-20(22)27;/h7,9-10,13,16-17H,6,8,11-12,14-15H2,1-5H3,(H2,22,27)(H2,23,24,25);1H. The van der Waals surface area contributed by atoms with Gasteiger partial charge in [-0.2, -0.15) is 0 Å². The first-order chi connectivity index (χ1) is 13.3. The highest BCUT2D eigenvalue weighted by molar-refractivity contribution is 14.0. The Hall–Kier alpha value is -1.55. The number of primary amides is 1. The summed E-state index contributed by atoms with van der Waals surface area (Å²) in [5.74, 6) is 0.925. The second kappa shape index (κ2) is 15.3. The molecule has 8 heteroatoms. The third kappa shape index (κ3) is 11.9. The maximum absolute atomic E-state index is 10.8. The van der Waals surface area contributed by atoms with Crippen LogP contribution in [-0.4, -0.2) is 55.1 Å². The molecule has 0 atom stereocenters. The zero-order valence-corrected chi connectivity index (χ0v) is 20.7. The molecule has 0 aliphatic heterocycles. The molecule has 1 amide bonds. The molecular weight excluding hydrogens is 481 g/mol. The van der Waals surface area contributed by atoms with Crippen molar-refractivity contribution in [1.82, 2.24) is 15.5 Å². The van der Waals surface area contributed by atoms with E-state index < -0.39 is 5.91 Å². The number of carbonyl (C=O) groups excluding carboxylic acids is 1. The van der Waals surface area contributed by atoms with Crippen molar-refractivity contribution >= 4 is 35.8 Å². The number of nitrogens with one attached hydrogen (secondary N) is 2. The molecule has 7 nitrogen and oxygen atoms in total. The molecule has 1 aromatic carbocycles. The summed E-state index contributed by atoms with van der Waals surface area (Å²) in [4.78, 5) is 18.0. The lowest BCUT2D eigenvalue weighted by atomic mass is 10.2. The Labute approximate surface area is 192 Å². The molecule has 0 aliphatic carbocycles. The number of carbonyl (C=O) groups is 1. The largest absolute Gasteiger partial charge is 0.484 e. The molecule has 0 fully saturated rings. The monoisotopic (exact) mass is 519 g/mol. The average molecular weight is 519 g/mol. The van der Waals surface area contributed by atoms with E-state index in [-0.39, 0.29) is 30.6 Å². The zero-order valence-electron chi connectivity index (χ0n) is 18.4. The maximum Gasteiger partial charge on any atom is 0.255 e. The third-order valence-corrected chi connectivity index (χ3v) is 4.26. The molecule has 4 N–H and O–H groups in total. The van der Waals surface area contributed by atoms with Crippen LogP contribution in [0.25, 0.3) is 0 Å². The normalized spacial score (nSPS) is 11.5. The summed E-state index contributed by atoms with van der Waals surface area (Å²) >= 11 is 0. The summed E-state index contributed by atoms with van der Waals surface area (Å²) in [6.07, 6.45) is 1.05. The lowest BCUT2D eigenvalue weighted by molar-refractivity contribution is -0.119. The molecule has 29 heavy (non-hydrogen) atoms. The van der Waals surface area contributed by atoms with Gasteiger partial charge in [0.15, 0.2) is 12.6 Å². The van der Waals surface area contributed by atoms with E-state index in [9.17, 15) is 4.79 Å². The lowest BCUT2D eigenvalue weighted by Gasteiger charge is -2.30. The molecule has 1 rings (SSSR count). The Balaban J connectivity index is 0.00000784. The number of guanidine groups is 1. The molecule has 0 saturated heterocycles. The number of benzene rings is 1. The molecule has 0 radical (unpaired) electrons. The fraction of sp³-hybridized carbons (Fsp3) is 0.619. The number of amides is 1. The first-order valence-corrected chi connectivity index (χ1v) is 10.1. The van der Waals surface area contributed by atoms with Crippen LogP contribution >= 0.6 is 24.0 Å². The van der Waals surface area contributed by atoms with Crippen LogP contribution in [-0.2, 0) is 11.3 Å². The van der Waals surface area contributed by atoms with Crippen LogP contribution < -0.4 is 21.1 Å². The quantitative estimate of drug-likeness (QED) is 0.171. The van der Waals surface area contributed by atoms with Crippen LogP contribution in [0.4, 0.5) is 0 Å². The van der Waals surface area contributed by atoms with Crippen molar-refractivity contribution in [3.8, 4) is 5.75 Å². The van der Waals surface area contributed by atoms with Crippen LogP contribution in [0.15, 0.2) is 29.3 Å². The highest BCUT2D eigenvalue weighted by Gasteiger charge is 2.12. The molecule has 0 spiro atoms. The number of hydrogen-bond donors (Lipinski definition) is 3. The molecule has 0 aromatic heterocycles. The molecule has 0 saturated carbocycles. The van der Waals surface area contributed by atoms with Gasteiger partial charge in [-0.25, -0.2) is 4.99 Å². The first-order valence-electron chi connectivity index (χ1n) is 10.1. The molecule has 0 unspecified atom stereocenters. The molecule has 1 aromatic rings. The predicted octanol–water partition coefficient (Wildman–Crippen LogP) is 2.73.